The second-order valence-corrected chi connectivity index (χ2v) is 5.65. The smallest absolute Gasteiger partial charge is 0.201 e. The highest BCUT2D eigenvalue weighted by Crippen LogP contribution is 2.52. The molecule has 0 aliphatic heterocycles. The topological polar surface area (TPSA) is 80.9 Å². The van der Waals surface area contributed by atoms with E-state index in [1.54, 1.807) is 12.1 Å². The molecule has 0 saturated carbocycles. The van der Waals surface area contributed by atoms with Crippen LogP contribution in [-0.4, -0.2) is 20.4 Å². The molecule has 0 aromatic heterocycles. The highest BCUT2D eigenvalue weighted by molar-refractivity contribution is 6.12. The molecule has 24 heavy (non-hydrogen) atoms. The third kappa shape index (κ3) is 1.86. The van der Waals surface area contributed by atoms with Crippen molar-refractivity contribution in [3.05, 3.63) is 60.7 Å². The average Bonchev–Trinajstić information content (AvgIpc) is 2.60. The van der Waals surface area contributed by atoms with Gasteiger partial charge in [0.25, 0.3) is 0 Å². The fraction of sp³-hybridized carbons (Fsp3) is 0. The molecule has 4 aromatic carbocycles. The third-order valence-corrected chi connectivity index (χ3v) is 4.29. The summed E-state index contributed by atoms with van der Waals surface area (Å²) < 4.78 is 0. The molecule has 0 unspecified atom stereocenters. The van der Waals surface area contributed by atoms with E-state index in [2.05, 4.69) is 0 Å². The lowest BCUT2D eigenvalue weighted by Gasteiger charge is -2.15. The van der Waals surface area contributed by atoms with E-state index in [9.17, 15) is 20.4 Å². The van der Waals surface area contributed by atoms with Crippen molar-refractivity contribution in [1.82, 2.24) is 0 Å². The van der Waals surface area contributed by atoms with Crippen molar-refractivity contribution in [1.29, 1.82) is 0 Å². The zero-order valence-corrected chi connectivity index (χ0v) is 12.6. The number of benzene rings is 4. The maximum Gasteiger partial charge on any atom is 0.201 e. The molecule has 0 bridgehead atoms. The van der Waals surface area contributed by atoms with Gasteiger partial charge in [0.2, 0.25) is 5.75 Å². The van der Waals surface area contributed by atoms with Gasteiger partial charge in [0.1, 0.15) is 5.75 Å². The summed E-state index contributed by atoms with van der Waals surface area (Å²) in [6.45, 7) is 0. The molecule has 0 amide bonds. The van der Waals surface area contributed by atoms with E-state index >= 15 is 0 Å². The SMILES string of the molecule is Oc1c(O)c(O)c2c(O)cccc2c1-c1cccc2ccccc12. The first-order chi connectivity index (χ1) is 11.6. The van der Waals surface area contributed by atoms with Gasteiger partial charge >= 0.3 is 0 Å². The van der Waals surface area contributed by atoms with Gasteiger partial charge < -0.3 is 20.4 Å². The summed E-state index contributed by atoms with van der Waals surface area (Å²) in [4.78, 5) is 0. The summed E-state index contributed by atoms with van der Waals surface area (Å²) >= 11 is 0. The van der Waals surface area contributed by atoms with Crippen LogP contribution < -0.4 is 0 Å². The highest BCUT2D eigenvalue weighted by atomic mass is 16.3. The average molecular weight is 318 g/mol. The summed E-state index contributed by atoms with van der Waals surface area (Å²) in [7, 11) is 0. The Morgan fingerprint density at radius 1 is 0.542 bits per heavy atom. The van der Waals surface area contributed by atoms with Crippen LogP contribution in [0, 0.1) is 0 Å². The molecule has 118 valence electrons. The molecule has 0 aliphatic carbocycles. The standard InChI is InChI=1S/C20H14O4/c21-15-10-4-9-14-16(18(22)20(24)19(23)17(14)15)13-8-3-6-11-5-1-2-7-12(11)13/h1-10,21-24H. The lowest BCUT2D eigenvalue weighted by molar-refractivity contribution is 0.371. The first kappa shape index (κ1) is 14.2. The first-order valence-electron chi connectivity index (χ1n) is 7.46. The van der Waals surface area contributed by atoms with E-state index in [0.29, 0.717) is 16.5 Å². The normalized spacial score (nSPS) is 11.2. The van der Waals surface area contributed by atoms with Crippen molar-refractivity contribution in [2.24, 2.45) is 0 Å². The molecule has 0 spiro atoms. The van der Waals surface area contributed by atoms with E-state index in [0.717, 1.165) is 10.8 Å². The fourth-order valence-electron chi connectivity index (χ4n) is 3.19. The van der Waals surface area contributed by atoms with Crippen LogP contribution in [0.1, 0.15) is 0 Å². The Morgan fingerprint density at radius 2 is 1.21 bits per heavy atom. The Bertz CT molecular complexity index is 1090. The van der Waals surface area contributed by atoms with Crippen LogP contribution in [0.5, 0.6) is 23.0 Å². The molecular formula is C20H14O4. The van der Waals surface area contributed by atoms with Crippen molar-refractivity contribution in [2.75, 3.05) is 0 Å². The van der Waals surface area contributed by atoms with Crippen molar-refractivity contribution in [2.45, 2.75) is 0 Å². The summed E-state index contributed by atoms with van der Waals surface area (Å²) in [5.74, 6) is -1.76. The van der Waals surface area contributed by atoms with Crippen LogP contribution in [0.2, 0.25) is 0 Å². The quantitative estimate of drug-likeness (QED) is 0.390. The maximum atomic E-state index is 10.5. The van der Waals surface area contributed by atoms with Crippen LogP contribution in [0.25, 0.3) is 32.7 Å². The Balaban J connectivity index is 2.24. The molecule has 0 fully saturated rings. The molecule has 4 rings (SSSR count). The molecule has 4 N–H and O–H groups in total. The predicted octanol–water partition coefficient (Wildman–Crippen LogP) is 4.48. The number of fused-ring (bicyclic) bond motifs is 2. The second kappa shape index (κ2) is 5.06. The van der Waals surface area contributed by atoms with Gasteiger partial charge in [0, 0.05) is 10.9 Å². The number of hydrogen-bond acceptors (Lipinski definition) is 4. The highest BCUT2D eigenvalue weighted by Gasteiger charge is 2.22. The van der Waals surface area contributed by atoms with Gasteiger partial charge in [-0.15, -0.1) is 0 Å². The minimum Gasteiger partial charge on any atom is -0.507 e. The minimum atomic E-state index is -0.646. The monoisotopic (exact) mass is 318 g/mol. The number of aromatic hydroxyl groups is 4. The van der Waals surface area contributed by atoms with Crippen molar-refractivity contribution in [3.8, 4) is 34.1 Å². The zero-order chi connectivity index (χ0) is 16.8. The van der Waals surface area contributed by atoms with E-state index < -0.39 is 17.2 Å². The molecule has 0 atom stereocenters. The summed E-state index contributed by atoms with van der Waals surface area (Å²) in [5, 5.41) is 43.3. The van der Waals surface area contributed by atoms with Crippen LogP contribution in [0.4, 0.5) is 0 Å². The number of rotatable bonds is 1. The number of phenolic OH excluding ortho intramolecular Hbond substituents is 4. The van der Waals surface area contributed by atoms with Crippen molar-refractivity contribution < 1.29 is 20.4 Å². The lowest BCUT2D eigenvalue weighted by atomic mass is 9.92. The van der Waals surface area contributed by atoms with Gasteiger partial charge in [0.05, 0.1) is 5.39 Å². The van der Waals surface area contributed by atoms with Crippen LogP contribution in [0.3, 0.4) is 0 Å². The minimum absolute atomic E-state index is 0.107. The van der Waals surface area contributed by atoms with Gasteiger partial charge in [0.15, 0.2) is 11.5 Å². The Kier molecular flexibility index (Phi) is 3.00. The molecule has 0 radical (unpaired) electrons. The van der Waals surface area contributed by atoms with E-state index in [1.807, 2.05) is 42.5 Å². The molecule has 4 aromatic rings. The van der Waals surface area contributed by atoms with Crippen LogP contribution in [-0.2, 0) is 0 Å². The van der Waals surface area contributed by atoms with Crippen molar-refractivity contribution >= 4 is 21.5 Å². The molecule has 4 nitrogen and oxygen atoms in total. The Morgan fingerprint density at radius 3 is 2.04 bits per heavy atom. The van der Waals surface area contributed by atoms with E-state index in [1.165, 1.54) is 6.07 Å². The lowest BCUT2D eigenvalue weighted by Crippen LogP contribution is -1.87. The van der Waals surface area contributed by atoms with Gasteiger partial charge in [-0.05, 0) is 22.4 Å². The fourth-order valence-corrected chi connectivity index (χ4v) is 3.19. The molecule has 4 heteroatoms. The van der Waals surface area contributed by atoms with Crippen molar-refractivity contribution in [3.63, 3.8) is 0 Å². The Hall–Kier alpha value is -3.40. The largest absolute Gasteiger partial charge is 0.507 e. The molecule has 0 saturated heterocycles. The van der Waals surface area contributed by atoms with Gasteiger partial charge in [-0.25, -0.2) is 0 Å². The van der Waals surface area contributed by atoms with Crippen LogP contribution in [0.15, 0.2) is 60.7 Å². The molecule has 0 heterocycles. The third-order valence-electron chi connectivity index (χ3n) is 4.29. The molecular weight excluding hydrogens is 304 g/mol. The first-order valence-corrected chi connectivity index (χ1v) is 7.46. The Labute approximate surface area is 137 Å². The summed E-state index contributed by atoms with van der Waals surface area (Å²) in [6.07, 6.45) is 0. The van der Waals surface area contributed by atoms with Gasteiger partial charge in [-0.2, -0.15) is 0 Å². The number of phenols is 4. The molecule has 0 aliphatic rings. The van der Waals surface area contributed by atoms with Crippen LogP contribution >= 0.6 is 0 Å². The van der Waals surface area contributed by atoms with E-state index in [-0.39, 0.29) is 11.1 Å². The van der Waals surface area contributed by atoms with E-state index in [4.69, 9.17) is 0 Å². The van der Waals surface area contributed by atoms with Gasteiger partial charge in [-0.3, -0.25) is 0 Å². The maximum absolute atomic E-state index is 10.5. The predicted molar refractivity (Wildman–Crippen MR) is 93.5 cm³/mol. The van der Waals surface area contributed by atoms with Gasteiger partial charge in [-0.1, -0.05) is 54.6 Å². The summed E-state index contributed by atoms with van der Waals surface area (Å²) in [5.41, 5.74) is 1.07. The summed E-state index contributed by atoms with van der Waals surface area (Å²) in [6, 6.07) is 18.1. The zero-order valence-electron chi connectivity index (χ0n) is 12.6. The number of hydrogen-bond donors (Lipinski definition) is 4. The second-order valence-electron chi connectivity index (χ2n) is 5.65.